The molecule has 1 heteroatoms. The van der Waals surface area contributed by atoms with Gasteiger partial charge < -0.3 is 4.90 Å². The van der Waals surface area contributed by atoms with Crippen LogP contribution in [0.2, 0.25) is 0 Å². The molecule has 1 fully saturated rings. The molecule has 0 aromatic heterocycles. The highest BCUT2D eigenvalue weighted by Gasteiger charge is 2.39. The zero-order chi connectivity index (χ0) is 9.54. The van der Waals surface area contributed by atoms with Crippen molar-refractivity contribution in [1.29, 1.82) is 0 Å². The van der Waals surface area contributed by atoms with E-state index in [1.165, 1.54) is 24.9 Å². The second kappa shape index (κ2) is 3.01. The Bertz CT molecular complexity index is 330. The molecule has 3 rings (SSSR count). The fourth-order valence-electron chi connectivity index (χ4n) is 3.32. The predicted molar refractivity (Wildman–Crippen MR) is 59.8 cm³/mol. The molecule has 1 aromatic rings. The van der Waals surface area contributed by atoms with Gasteiger partial charge in [-0.2, -0.15) is 0 Å². The van der Waals surface area contributed by atoms with Crippen molar-refractivity contribution in [3.8, 4) is 0 Å². The third-order valence-corrected chi connectivity index (χ3v) is 3.87. The number of anilines is 1. The van der Waals surface area contributed by atoms with E-state index in [0.29, 0.717) is 0 Å². The molecule has 0 radical (unpaired) electrons. The van der Waals surface area contributed by atoms with Gasteiger partial charge in [-0.3, -0.25) is 0 Å². The molecule has 1 aliphatic heterocycles. The minimum absolute atomic E-state index is 0.817. The quantitative estimate of drug-likeness (QED) is 0.652. The van der Waals surface area contributed by atoms with Crippen molar-refractivity contribution < 1.29 is 0 Å². The molecular weight excluding hydrogens is 170 g/mol. The highest BCUT2D eigenvalue weighted by Crippen LogP contribution is 2.48. The van der Waals surface area contributed by atoms with E-state index in [9.17, 15) is 0 Å². The lowest BCUT2D eigenvalue weighted by Gasteiger charge is -2.25. The minimum atomic E-state index is 0.817. The maximum absolute atomic E-state index is 2.60. The summed E-state index contributed by atoms with van der Waals surface area (Å²) in [5.74, 6) is 0.839. The Labute approximate surface area is 85.7 Å². The van der Waals surface area contributed by atoms with Crippen molar-refractivity contribution in [2.75, 3.05) is 11.4 Å². The molecular formula is C13H17N. The third kappa shape index (κ3) is 0.956. The summed E-state index contributed by atoms with van der Waals surface area (Å²) in [6, 6.07) is 9.79. The first kappa shape index (κ1) is 8.34. The van der Waals surface area contributed by atoms with Gasteiger partial charge in [0.2, 0.25) is 0 Å². The van der Waals surface area contributed by atoms with Crippen LogP contribution in [0.3, 0.4) is 0 Å². The summed E-state index contributed by atoms with van der Waals surface area (Å²) >= 11 is 0. The van der Waals surface area contributed by atoms with Crippen molar-refractivity contribution in [1.82, 2.24) is 0 Å². The summed E-state index contributed by atoms with van der Waals surface area (Å²) in [5, 5.41) is 0. The van der Waals surface area contributed by atoms with E-state index < -0.39 is 0 Å². The van der Waals surface area contributed by atoms with Gasteiger partial charge in [0.05, 0.1) is 0 Å². The van der Waals surface area contributed by atoms with Crippen molar-refractivity contribution in [3.63, 3.8) is 0 Å². The Morgan fingerprint density at radius 3 is 3.00 bits per heavy atom. The van der Waals surface area contributed by atoms with E-state index >= 15 is 0 Å². The van der Waals surface area contributed by atoms with Gasteiger partial charge in [-0.05, 0) is 31.4 Å². The monoisotopic (exact) mass is 187 g/mol. The van der Waals surface area contributed by atoms with Crippen LogP contribution in [-0.2, 0) is 0 Å². The van der Waals surface area contributed by atoms with Gasteiger partial charge in [-0.25, -0.2) is 0 Å². The number of rotatable bonds is 1. The van der Waals surface area contributed by atoms with Crippen molar-refractivity contribution in [2.45, 2.75) is 38.1 Å². The van der Waals surface area contributed by atoms with Crippen LogP contribution < -0.4 is 4.90 Å². The summed E-state index contributed by atoms with van der Waals surface area (Å²) in [4.78, 5) is 2.60. The standard InChI is InChI=1S/C13H17N/c1-2-14-12-8-4-3-6-10(12)11-7-5-9-13(11)14/h3-4,6,8,11,13H,2,5,7,9H2,1H3. The minimum Gasteiger partial charge on any atom is -0.368 e. The van der Waals surface area contributed by atoms with E-state index in [0.717, 1.165) is 18.5 Å². The van der Waals surface area contributed by atoms with Crippen LogP contribution in [0.25, 0.3) is 0 Å². The first-order valence-corrected chi connectivity index (χ1v) is 5.77. The number of fused-ring (bicyclic) bond motifs is 3. The lowest BCUT2D eigenvalue weighted by Crippen LogP contribution is -2.30. The summed E-state index contributed by atoms with van der Waals surface area (Å²) in [7, 11) is 0. The number of likely N-dealkylation sites (N-methyl/N-ethyl adjacent to an activating group) is 1. The molecule has 1 saturated carbocycles. The van der Waals surface area contributed by atoms with Gasteiger partial charge in [0, 0.05) is 24.2 Å². The summed E-state index contributed by atoms with van der Waals surface area (Å²) < 4.78 is 0. The molecule has 14 heavy (non-hydrogen) atoms. The SMILES string of the molecule is CCN1c2ccccc2C2CCCC21. The average molecular weight is 187 g/mol. The molecule has 0 saturated heterocycles. The fourth-order valence-corrected chi connectivity index (χ4v) is 3.32. The predicted octanol–water partition coefficient (Wildman–Crippen LogP) is 3.16. The topological polar surface area (TPSA) is 3.24 Å². The zero-order valence-corrected chi connectivity index (χ0v) is 8.74. The second-order valence-corrected chi connectivity index (χ2v) is 4.45. The van der Waals surface area contributed by atoms with Gasteiger partial charge in [-0.1, -0.05) is 24.6 Å². The number of benzene rings is 1. The Hall–Kier alpha value is -0.980. The summed E-state index contributed by atoms with van der Waals surface area (Å²) in [6.07, 6.45) is 4.21. The molecule has 1 nitrogen and oxygen atoms in total. The highest BCUT2D eigenvalue weighted by atomic mass is 15.2. The third-order valence-electron chi connectivity index (χ3n) is 3.87. The molecule has 1 aromatic carbocycles. The Kier molecular flexibility index (Phi) is 1.79. The molecule has 2 aliphatic rings. The molecule has 1 aliphatic carbocycles. The Morgan fingerprint density at radius 1 is 1.29 bits per heavy atom. The van der Waals surface area contributed by atoms with E-state index in [-0.39, 0.29) is 0 Å². The largest absolute Gasteiger partial charge is 0.368 e. The van der Waals surface area contributed by atoms with E-state index in [4.69, 9.17) is 0 Å². The van der Waals surface area contributed by atoms with Gasteiger partial charge in [0.25, 0.3) is 0 Å². The molecule has 0 N–H and O–H groups in total. The lowest BCUT2D eigenvalue weighted by atomic mass is 9.98. The van der Waals surface area contributed by atoms with Gasteiger partial charge in [0.1, 0.15) is 0 Å². The van der Waals surface area contributed by atoms with Crippen LogP contribution >= 0.6 is 0 Å². The Balaban J connectivity index is 2.09. The molecule has 2 atom stereocenters. The smallest absolute Gasteiger partial charge is 0.0405 e. The zero-order valence-electron chi connectivity index (χ0n) is 8.74. The Morgan fingerprint density at radius 2 is 2.14 bits per heavy atom. The first-order chi connectivity index (χ1) is 6.92. The summed E-state index contributed by atoms with van der Waals surface area (Å²) in [5.41, 5.74) is 3.11. The number of para-hydroxylation sites is 1. The van der Waals surface area contributed by atoms with E-state index in [1.54, 1.807) is 5.56 Å². The average Bonchev–Trinajstić information content (AvgIpc) is 2.77. The van der Waals surface area contributed by atoms with Crippen LogP contribution in [-0.4, -0.2) is 12.6 Å². The molecule has 2 unspecified atom stereocenters. The van der Waals surface area contributed by atoms with Gasteiger partial charge in [-0.15, -0.1) is 0 Å². The maximum atomic E-state index is 2.60. The number of nitrogens with zero attached hydrogens (tertiary/aromatic N) is 1. The highest BCUT2D eigenvalue weighted by molar-refractivity contribution is 5.62. The molecule has 1 heterocycles. The van der Waals surface area contributed by atoms with Crippen molar-refractivity contribution >= 4 is 5.69 Å². The van der Waals surface area contributed by atoms with Crippen LogP contribution in [0.5, 0.6) is 0 Å². The maximum Gasteiger partial charge on any atom is 0.0405 e. The van der Waals surface area contributed by atoms with Gasteiger partial charge in [0.15, 0.2) is 0 Å². The van der Waals surface area contributed by atoms with Gasteiger partial charge >= 0.3 is 0 Å². The molecule has 0 amide bonds. The summed E-state index contributed by atoms with van der Waals surface area (Å²) in [6.45, 7) is 3.44. The molecule has 0 bridgehead atoms. The first-order valence-electron chi connectivity index (χ1n) is 5.77. The van der Waals surface area contributed by atoms with Crippen molar-refractivity contribution in [2.24, 2.45) is 0 Å². The fraction of sp³-hybridized carbons (Fsp3) is 0.538. The van der Waals surface area contributed by atoms with Crippen molar-refractivity contribution in [3.05, 3.63) is 29.8 Å². The number of hydrogen-bond acceptors (Lipinski definition) is 1. The normalized spacial score (nSPS) is 29.1. The van der Waals surface area contributed by atoms with Crippen LogP contribution in [0.4, 0.5) is 5.69 Å². The molecule has 74 valence electrons. The second-order valence-electron chi connectivity index (χ2n) is 4.45. The van der Waals surface area contributed by atoms with E-state index in [2.05, 4.69) is 36.1 Å². The van der Waals surface area contributed by atoms with E-state index in [1.807, 2.05) is 0 Å². The number of hydrogen-bond donors (Lipinski definition) is 0. The van der Waals surface area contributed by atoms with Crippen LogP contribution in [0, 0.1) is 0 Å². The van der Waals surface area contributed by atoms with Crippen LogP contribution in [0.1, 0.15) is 37.7 Å². The van der Waals surface area contributed by atoms with Crippen LogP contribution in [0.15, 0.2) is 24.3 Å². The lowest BCUT2D eigenvalue weighted by molar-refractivity contribution is 0.601. The molecule has 0 spiro atoms.